The highest BCUT2D eigenvalue weighted by molar-refractivity contribution is 5.38. The summed E-state index contributed by atoms with van der Waals surface area (Å²) in [5.41, 5.74) is 1.50. The summed E-state index contributed by atoms with van der Waals surface area (Å²) in [5, 5.41) is 3.49. The molecule has 2 heteroatoms. The van der Waals surface area contributed by atoms with Crippen molar-refractivity contribution in [2.45, 2.75) is 59.9 Å². The number of ether oxygens (including phenoxy) is 1. The highest BCUT2D eigenvalue weighted by Crippen LogP contribution is 2.31. The summed E-state index contributed by atoms with van der Waals surface area (Å²) < 4.78 is 6.12. The van der Waals surface area contributed by atoms with Gasteiger partial charge in [-0.2, -0.15) is 0 Å². The van der Waals surface area contributed by atoms with E-state index >= 15 is 0 Å². The van der Waals surface area contributed by atoms with Crippen LogP contribution in [0.3, 0.4) is 0 Å². The van der Waals surface area contributed by atoms with Crippen molar-refractivity contribution in [3.63, 3.8) is 0 Å². The van der Waals surface area contributed by atoms with E-state index in [1.807, 2.05) is 6.07 Å². The molecule has 0 aliphatic carbocycles. The Bertz CT molecular complexity index is 416. The van der Waals surface area contributed by atoms with Crippen LogP contribution in [0.25, 0.3) is 0 Å². The molecule has 1 rings (SSSR count). The molecule has 0 bridgehead atoms. The summed E-state index contributed by atoms with van der Waals surface area (Å²) in [6, 6.07) is 8.88. The van der Waals surface area contributed by atoms with Crippen LogP contribution in [0.4, 0.5) is 0 Å². The van der Waals surface area contributed by atoms with Gasteiger partial charge in [0.05, 0.1) is 6.61 Å². The van der Waals surface area contributed by atoms with Crippen LogP contribution in [0, 0.1) is 5.41 Å². The molecule has 0 aliphatic rings. The first-order valence-corrected chi connectivity index (χ1v) is 7.57. The van der Waals surface area contributed by atoms with Crippen molar-refractivity contribution >= 4 is 0 Å². The van der Waals surface area contributed by atoms with Crippen molar-refractivity contribution in [2.24, 2.45) is 5.41 Å². The van der Waals surface area contributed by atoms with Gasteiger partial charge in [0.2, 0.25) is 0 Å². The average molecular weight is 277 g/mol. The molecule has 20 heavy (non-hydrogen) atoms. The van der Waals surface area contributed by atoms with Gasteiger partial charge in [0, 0.05) is 18.0 Å². The topological polar surface area (TPSA) is 21.3 Å². The Morgan fingerprint density at radius 1 is 1.05 bits per heavy atom. The number of nitrogens with one attached hydrogen (secondary N) is 1. The Morgan fingerprint density at radius 2 is 1.65 bits per heavy atom. The molecule has 1 N–H and O–H groups in total. The van der Waals surface area contributed by atoms with Crippen LogP contribution in [0.5, 0.6) is 5.75 Å². The molecule has 0 saturated heterocycles. The number of rotatable bonds is 6. The molecule has 0 aliphatic heterocycles. The van der Waals surface area contributed by atoms with Crippen molar-refractivity contribution < 1.29 is 4.74 Å². The van der Waals surface area contributed by atoms with Crippen LogP contribution in [0.15, 0.2) is 24.3 Å². The second kappa shape index (κ2) is 6.62. The fraction of sp³-hybridized carbons (Fsp3) is 0.667. The smallest absolute Gasteiger partial charge is 0.123 e. The number of benzene rings is 1. The van der Waals surface area contributed by atoms with E-state index in [1.54, 1.807) is 0 Å². The van der Waals surface area contributed by atoms with Gasteiger partial charge in [-0.1, -0.05) is 66.7 Å². The van der Waals surface area contributed by atoms with Gasteiger partial charge >= 0.3 is 0 Å². The largest absolute Gasteiger partial charge is 0.493 e. The maximum atomic E-state index is 6.12. The van der Waals surface area contributed by atoms with Gasteiger partial charge in [-0.3, -0.25) is 0 Å². The summed E-state index contributed by atoms with van der Waals surface area (Å²) in [6.45, 7) is 17.2. The summed E-state index contributed by atoms with van der Waals surface area (Å²) in [4.78, 5) is 0. The van der Waals surface area contributed by atoms with Gasteiger partial charge in [-0.05, 0) is 17.0 Å². The van der Waals surface area contributed by atoms with Crippen LogP contribution in [-0.4, -0.2) is 19.2 Å². The first-order valence-electron chi connectivity index (χ1n) is 7.57. The molecular formula is C18H31NO. The Morgan fingerprint density at radius 3 is 2.20 bits per heavy atom. The molecule has 0 atom stereocenters. The molecular weight excluding hydrogens is 246 g/mol. The predicted molar refractivity (Wildman–Crippen MR) is 87.6 cm³/mol. The fourth-order valence-corrected chi connectivity index (χ4v) is 2.02. The number of hydrogen-bond acceptors (Lipinski definition) is 2. The van der Waals surface area contributed by atoms with E-state index < -0.39 is 0 Å². The Kier molecular flexibility index (Phi) is 5.64. The Balaban J connectivity index is 2.70. The van der Waals surface area contributed by atoms with Crippen molar-refractivity contribution in [3.8, 4) is 5.75 Å². The lowest BCUT2D eigenvalue weighted by atomic mass is 9.86. The van der Waals surface area contributed by atoms with E-state index in [4.69, 9.17) is 4.74 Å². The molecule has 0 spiro atoms. The standard InChI is InChI=1S/C18H31NO/c1-14(2)19-12-18(6,7)13-20-16-11-9-8-10-15(16)17(3,4)5/h8-11,14,19H,12-13H2,1-7H3. The normalized spacial score (nSPS) is 12.8. The summed E-state index contributed by atoms with van der Waals surface area (Å²) >= 11 is 0. The van der Waals surface area contributed by atoms with Crippen molar-refractivity contribution in [3.05, 3.63) is 29.8 Å². The minimum absolute atomic E-state index is 0.108. The zero-order valence-electron chi connectivity index (χ0n) is 14.2. The van der Waals surface area contributed by atoms with Crippen molar-refractivity contribution in [1.82, 2.24) is 5.32 Å². The summed E-state index contributed by atoms with van der Waals surface area (Å²) in [6.07, 6.45) is 0. The Labute approximate surface area is 124 Å². The molecule has 2 nitrogen and oxygen atoms in total. The van der Waals surface area contributed by atoms with Gasteiger partial charge in [0.15, 0.2) is 0 Å². The molecule has 0 saturated carbocycles. The Hall–Kier alpha value is -1.02. The van der Waals surface area contributed by atoms with Gasteiger partial charge in [0.1, 0.15) is 5.75 Å². The molecule has 0 fully saturated rings. The lowest BCUT2D eigenvalue weighted by Gasteiger charge is -2.29. The highest BCUT2D eigenvalue weighted by Gasteiger charge is 2.22. The minimum Gasteiger partial charge on any atom is -0.493 e. The van der Waals surface area contributed by atoms with Crippen LogP contribution in [-0.2, 0) is 5.41 Å². The van der Waals surface area contributed by atoms with E-state index in [0.717, 1.165) is 18.9 Å². The fourth-order valence-electron chi connectivity index (χ4n) is 2.02. The second-order valence-electron chi connectivity index (χ2n) is 7.73. The van der Waals surface area contributed by atoms with Gasteiger partial charge in [-0.25, -0.2) is 0 Å². The maximum Gasteiger partial charge on any atom is 0.123 e. The molecule has 0 amide bonds. The highest BCUT2D eigenvalue weighted by atomic mass is 16.5. The quantitative estimate of drug-likeness (QED) is 0.833. The second-order valence-corrected chi connectivity index (χ2v) is 7.73. The number of hydrogen-bond donors (Lipinski definition) is 1. The van der Waals surface area contributed by atoms with Crippen molar-refractivity contribution in [1.29, 1.82) is 0 Å². The van der Waals surface area contributed by atoms with E-state index in [-0.39, 0.29) is 10.8 Å². The third-order valence-corrected chi connectivity index (χ3v) is 3.30. The lowest BCUT2D eigenvalue weighted by Crippen LogP contribution is -2.37. The van der Waals surface area contributed by atoms with E-state index in [0.29, 0.717) is 6.04 Å². The van der Waals surface area contributed by atoms with Crippen LogP contribution >= 0.6 is 0 Å². The average Bonchev–Trinajstić information content (AvgIpc) is 2.34. The van der Waals surface area contributed by atoms with Gasteiger partial charge < -0.3 is 10.1 Å². The van der Waals surface area contributed by atoms with Crippen LogP contribution in [0.2, 0.25) is 0 Å². The SMILES string of the molecule is CC(C)NCC(C)(C)COc1ccccc1C(C)(C)C. The molecule has 1 aromatic rings. The van der Waals surface area contributed by atoms with E-state index in [2.05, 4.69) is 72.0 Å². The minimum atomic E-state index is 0.108. The third-order valence-electron chi connectivity index (χ3n) is 3.30. The third kappa shape index (κ3) is 5.54. The van der Waals surface area contributed by atoms with Crippen LogP contribution in [0.1, 0.15) is 54.0 Å². The summed E-state index contributed by atoms with van der Waals surface area (Å²) in [5.74, 6) is 1.01. The first-order chi connectivity index (χ1) is 9.12. The summed E-state index contributed by atoms with van der Waals surface area (Å²) in [7, 11) is 0. The molecule has 0 aromatic heterocycles. The molecule has 114 valence electrons. The monoisotopic (exact) mass is 277 g/mol. The zero-order valence-corrected chi connectivity index (χ0v) is 14.2. The lowest BCUT2D eigenvalue weighted by molar-refractivity contribution is 0.171. The van der Waals surface area contributed by atoms with E-state index in [1.165, 1.54) is 5.56 Å². The zero-order chi connectivity index (χ0) is 15.4. The van der Waals surface area contributed by atoms with Crippen LogP contribution < -0.4 is 10.1 Å². The maximum absolute atomic E-state index is 6.12. The van der Waals surface area contributed by atoms with E-state index in [9.17, 15) is 0 Å². The molecule has 0 unspecified atom stereocenters. The van der Waals surface area contributed by atoms with Gasteiger partial charge in [0.25, 0.3) is 0 Å². The molecule has 0 radical (unpaired) electrons. The van der Waals surface area contributed by atoms with Gasteiger partial charge in [-0.15, -0.1) is 0 Å². The molecule has 0 heterocycles. The predicted octanol–water partition coefficient (Wildman–Crippen LogP) is 4.39. The number of para-hydroxylation sites is 1. The first kappa shape index (κ1) is 17.0. The molecule has 1 aromatic carbocycles. The van der Waals surface area contributed by atoms with Crippen molar-refractivity contribution in [2.75, 3.05) is 13.2 Å².